The Morgan fingerprint density at radius 2 is 1.76 bits per heavy atom. The van der Waals surface area contributed by atoms with Crippen molar-refractivity contribution in [2.24, 2.45) is 0 Å². The summed E-state index contributed by atoms with van der Waals surface area (Å²) in [6.07, 6.45) is 2.05. The summed E-state index contributed by atoms with van der Waals surface area (Å²) in [6, 6.07) is 9.26. The van der Waals surface area contributed by atoms with Gasteiger partial charge in [0.05, 0.1) is 11.4 Å². The van der Waals surface area contributed by atoms with Crippen molar-refractivity contribution < 1.29 is 4.79 Å². The second kappa shape index (κ2) is 8.51. The molecule has 0 aliphatic carbocycles. The molecule has 0 bridgehead atoms. The van der Waals surface area contributed by atoms with Crippen molar-refractivity contribution >= 4 is 29.3 Å². The fourth-order valence-corrected chi connectivity index (χ4v) is 4.42. The Balaban J connectivity index is 1.68. The molecule has 0 spiro atoms. The monoisotopic (exact) mass is 428 g/mol. The number of likely N-dealkylation sites (tertiary alicyclic amines) is 1. The summed E-state index contributed by atoms with van der Waals surface area (Å²) in [6.45, 7) is 5.42. The number of hydrogen-bond acceptors (Lipinski definition) is 6. The smallest absolute Gasteiger partial charge is 0.276 e. The van der Waals surface area contributed by atoms with E-state index in [1.165, 1.54) is 11.8 Å². The van der Waals surface area contributed by atoms with E-state index in [2.05, 4.69) is 20.3 Å². The highest BCUT2D eigenvalue weighted by atomic mass is 35.5. The van der Waals surface area contributed by atoms with Gasteiger partial charge in [-0.2, -0.15) is 0 Å². The first-order valence-corrected chi connectivity index (χ1v) is 10.8. The van der Waals surface area contributed by atoms with Crippen LogP contribution in [0.4, 0.5) is 0 Å². The van der Waals surface area contributed by atoms with Gasteiger partial charge >= 0.3 is 0 Å². The molecule has 0 N–H and O–H groups in total. The number of carbonyl (C=O) groups excluding carboxylic acids is 1. The van der Waals surface area contributed by atoms with Gasteiger partial charge in [0, 0.05) is 35.3 Å². The van der Waals surface area contributed by atoms with Crippen LogP contribution in [-0.2, 0) is 5.75 Å². The SMILES string of the molecule is Cc1cc(C)nc(SCc2c(C(=O)N3CCCC3)nnn2-c2ccc(Cl)cc2)n1. The van der Waals surface area contributed by atoms with Gasteiger partial charge in [-0.05, 0) is 57.0 Å². The first kappa shape index (κ1) is 19.8. The van der Waals surface area contributed by atoms with Gasteiger partial charge in [-0.25, -0.2) is 14.6 Å². The van der Waals surface area contributed by atoms with Gasteiger partial charge < -0.3 is 4.90 Å². The Morgan fingerprint density at radius 3 is 2.41 bits per heavy atom. The van der Waals surface area contributed by atoms with Crippen molar-refractivity contribution in [3.8, 4) is 5.69 Å². The predicted molar refractivity (Wildman–Crippen MR) is 113 cm³/mol. The number of amides is 1. The lowest BCUT2D eigenvalue weighted by atomic mass is 10.2. The van der Waals surface area contributed by atoms with E-state index in [-0.39, 0.29) is 5.91 Å². The summed E-state index contributed by atoms with van der Waals surface area (Å²) in [7, 11) is 0. The third-order valence-corrected chi connectivity index (χ3v) is 5.84. The number of halogens is 1. The van der Waals surface area contributed by atoms with Crippen molar-refractivity contribution in [3.63, 3.8) is 0 Å². The largest absolute Gasteiger partial charge is 0.337 e. The van der Waals surface area contributed by atoms with E-state index >= 15 is 0 Å². The van der Waals surface area contributed by atoms with E-state index in [0.717, 1.165) is 48.7 Å². The molecule has 1 aromatic carbocycles. The summed E-state index contributed by atoms with van der Waals surface area (Å²) in [4.78, 5) is 23.9. The Hall–Kier alpha value is -2.45. The fourth-order valence-electron chi connectivity index (χ4n) is 3.35. The molecule has 3 aromatic rings. The van der Waals surface area contributed by atoms with Gasteiger partial charge in [-0.15, -0.1) is 5.10 Å². The summed E-state index contributed by atoms with van der Waals surface area (Å²) in [5, 5.41) is 9.83. The van der Waals surface area contributed by atoms with Crippen molar-refractivity contribution in [2.75, 3.05) is 13.1 Å². The number of carbonyl (C=O) groups is 1. The van der Waals surface area contributed by atoms with E-state index in [1.54, 1.807) is 16.8 Å². The molecular weight excluding hydrogens is 408 g/mol. The second-order valence-corrected chi connectivity index (χ2v) is 8.37. The Morgan fingerprint density at radius 1 is 1.10 bits per heavy atom. The zero-order valence-corrected chi connectivity index (χ0v) is 17.9. The molecule has 4 rings (SSSR count). The molecule has 1 fully saturated rings. The van der Waals surface area contributed by atoms with E-state index in [1.807, 2.05) is 36.9 Å². The lowest BCUT2D eigenvalue weighted by Gasteiger charge is -2.14. The number of aryl methyl sites for hydroxylation is 2. The van der Waals surface area contributed by atoms with Crippen LogP contribution in [0.3, 0.4) is 0 Å². The molecule has 150 valence electrons. The van der Waals surface area contributed by atoms with Gasteiger partial charge in [0.2, 0.25) is 0 Å². The maximum atomic E-state index is 13.0. The van der Waals surface area contributed by atoms with Crippen molar-refractivity contribution in [3.05, 3.63) is 58.1 Å². The predicted octanol–water partition coefficient (Wildman–Crippen LogP) is 3.86. The Kier molecular flexibility index (Phi) is 5.82. The second-order valence-electron chi connectivity index (χ2n) is 6.99. The number of aromatic nitrogens is 5. The zero-order chi connectivity index (χ0) is 20.4. The molecule has 29 heavy (non-hydrogen) atoms. The highest BCUT2D eigenvalue weighted by Gasteiger charge is 2.27. The van der Waals surface area contributed by atoms with Crippen LogP contribution in [0.25, 0.3) is 5.69 Å². The number of hydrogen-bond donors (Lipinski definition) is 0. The van der Waals surface area contributed by atoms with Crippen molar-refractivity contribution in [1.82, 2.24) is 29.9 Å². The van der Waals surface area contributed by atoms with Crippen LogP contribution >= 0.6 is 23.4 Å². The summed E-state index contributed by atoms with van der Waals surface area (Å²) in [5.41, 5.74) is 3.76. The van der Waals surface area contributed by atoms with Gasteiger partial charge in [0.25, 0.3) is 5.91 Å². The average molecular weight is 429 g/mol. The normalized spacial score (nSPS) is 13.8. The maximum Gasteiger partial charge on any atom is 0.276 e. The molecule has 9 heteroatoms. The third-order valence-electron chi connectivity index (χ3n) is 4.73. The third kappa shape index (κ3) is 4.43. The topological polar surface area (TPSA) is 76.8 Å². The molecular formula is C20H21ClN6OS. The minimum Gasteiger partial charge on any atom is -0.337 e. The number of thioether (sulfide) groups is 1. The van der Waals surface area contributed by atoms with Crippen LogP contribution in [0.5, 0.6) is 0 Å². The highest BCUT2D eigenvalue weighted by molar-refractivity contribution is 7.98. The molecule has 2 aromatic heterocycles. The Bertz CT molecular complexity index is 1010. The molecule has 1 aliphatic rings. The van der Waals surface area contributed by atoms with Crippen LogP contribution in [0.1, 0.15) is 40.4 Å². The maximum absolute atomic E-state index is 13.0. The van der Waals surface area contributed by atoms with Crippen LogP contribution in [0.2, 0.25) is 5.02 Å². The summed E-state index contributed by atoms with van der Waals surface area (Å²) < 4.78 is 1.70. The number of nitrogens with zero attached hydrogens (tertiary/aromatic N) is 6. The number of benzene rings is 1. The van der Waals surface area contributed by atoms with E-state index < -0.39 is 0 Å². The van der Waals surface area contributed by atoms with Crippen LogP contribution in [-0.4, -0.2) is 48.9 Å². The first-order chi connectivity index (χ1) is 14.0. The highest BCUT2D eigenvalue weighted by Crippen LogP contribution is 2.25. The van der Waals surface area contributed by atoms with Gasteiger partial charge in [0.1, 0.15) is 0 Å². The molecule has 7 nitrogen and oxygen atoms in total. The molecule has 1 saturated heterocycles. The summed E-state index contributed by atoms with van der Waals surface area (Å²) >= 11 is 7.50. The van der Waals surface area contributed by atoms with Gasteiger partial charge in [-0.3, -0.25) is 4.79 Å². The van der Waals surface area contributed by atoms with Crippen LogP contribution < -0.4 is 0 Å². The molecule has 0 radical (unpaired) electrons. The average Bonchev–Trinajstić information content (AvgIpc) is 3.36. The lowest BCUT2D eigenvalue weighted by molar-refractivity contribution is 0.0786. The fraction of sp³-hybridized carbons (Fsp3) is 0.350. The molecule has 0 saturated carbocycles. The van der Waals surface area contributed by atoms with Crippen molar-refractivity contribution in [2.45, 2.75) is 37.6 Å². The zero-order valence-electron chi connectivity index (χ0n) is 16.3. The quantitative estimate of drug-likeness (QED) is 0.453. The summed E-state index contributed by atoms with van der Waals surface area (Å²) in [5.74, 6) is 0.410. The van der Waals surface area contributed by atoms with Gasteiger partial charge in [0.15, 0.2) is 10.9 Å². The van der Waals surface area contributed by atoms with Gasteiger partial charge in [-0.1, -0.05) is 28.6 Å². The van der Waals surface area contributed by atoms with Crippen LogP contribution in [0.15, 0.2) is 35.5 Å². The molecule has 1 amide bonds. The molecule has 1 aliphatic heterocycles. The van der Waals surface area contributed by atoms with E-state index in [4.69, 9.17) is 11.6 Å². The molecule has 0 unspecified atom stereocenters. The first-order valence-electron chi connectivity index (χ1n) is 9.46. The lowest BCUT2D eigenvalue weighted by Crippen LogP contribution is -2.28. The van der Waals surface area contributed by atoms with Crippen LogP contribution in [0, 0.1) is 13.8 Å². The van der Waals surface area contributed by atoms with E-state index in [0.29, 0.717) is 21.6 Å². The minimum atomic E-state index is -0.0698. The Labute approximate surface area is 178 Å². The molecule has 0 atom stereocenters. The van der Waals surface area contributed by atoms with Crippen molar-refractivity contribution in [1.29, 1.82) is 0 Å². The standard InChI is InChI=1S/C20H21ClN6OS/c1-13-11-14(2)23-20(22-13)29-12-17-18(19(28)26-9-3-4-10-26)24-25-27(17)16-7-5-15(21)6-8-16/h5-8,11H,3-4,9-10,12H2,1-2H3. The minimum absolute atomic E-state index is 0.0698. The van der Waals surface area contributed by atoms with E-state index in [9.17, 15) is 4.79 Å². The molecule has 3 heterocycles. The number of rotatable bonds is 5.